The Kier molecular flexibility index (Phi) is 11.8. The molecule has 1 heterocycles. The van der Waals surface area contributed by atoms with Crippen LogP contribution in [0.3, 0.4) is 0 Å². The first-order chi connectivity index (χ1) is 22.0. The number of benzene rings is 3. The molecule has 0 bridgehead atoms. The summed E-state index contributed by atoms with van der Waals surface area (Å²) in [6.07, 6.45) is -9.29. The van der Waals surface area contributed by atoms with E-state index >= 15 is 0 Å². The van der Waals surface area contributed by atoms with Crippen LogP contribution in [-0.4, -0.2) is 33.7 Å². The Hall–Kier alpha value is -5.25. The van der Waals surface area contributed by atoms with Crippen molar-refractivity contribution in [1.82, 2.24) is 4.98 Å². The minimum Gasteiger partial charge on any atom is -0.487 e. The fourth-order valence-corrected chi connectivity index (χ4v) is 3.66. The number of hydrogen-bond donors (Lipinski definition) is 1. The third-order valence-electron chi connectivity index (χ3n) is 5.69. The predicted octanol–water partition coefficient (Wildman–Crippen LogP) is 9.20. The number of ether oxygens (including phenoxy) is 4. The average molecular weight is 689 g/mol. The molecule has 1 N–H and O–H groups in total. The fourth-order valence-electron chi connectivity index (χ4n) is 3.44. The highest BCUT2D eigenvalue weighted by atomic mass is 35.5. The minimum absolute atomic E-state index is 0.00516. The van der Waals surface area contributed by atoms with E-state index in [0.717, 1.165) is 30.3 Å². The van der Waals surface area contributed by atoms with Crippen molar-refractivity contribution in [2.24, 2.45) is 0 Å². The Morgan fingerprint density at radius 3 is 1.98 bits per heavy atom. The van der Waals surface area contributed by atoms with Crippen LogP contribution in [-0.2, 0) is 17.1 Å². The molecule has 0 radical (unpaired) electrons. The number of carbonyl (C=O) groups is 1. The smallest absolute Gasteiger partial charge is 0.417 e. The summed E-state index contributed by atoms with van der Waals surface area (Å²) in [5.41, 5.74) is -2.02. The van der Waals surface area contributed by atoms with Crippen molar-refractivity contribution < 1.29 is 60.1 Å². The van der Waals surface area contributed by atoms with Gasteiger partial charge in [0.1, 0.15) is 23.0 Å². The van der Waals surface area contributed by atoms with E-state index in [2.05, 4.69) is 4.98 Å². The van der Waals surface area contributed by atoms with Gasteiger partial charge in [0.2, 0.25) is 11.6 Å². The van der Waals surface area contributed by atoms with E-state index in [4.69, 9.17) is 35.7 Å². The zero-order valence-corrected chi connectivity index (χ0v) is 24.9. The number of hydrogen-bond acceptors (Lipinski definition) is 8. The average Bonchev–Trinajstić information content (AvgIpc) is 2.99. The molecule has 1 unspecified atom stereocenters. The molecule has 0 aliphatic heterocycles. The van der Waals surface area contributed by atoms with Gasteiger partial charge in [0.05, 0.1) is 27.7 Å². The standard InChI is InChI=1S/C15H11ClF3NO4.C15H12F3NO4/c1-2-23-14-8-10(4-5-12(14)20(21)22)24-13-6-3-9(7-11(13)16)15(17,18)19;1-9(14(20)21)22-11-3-5-12(6-4-11)23-13-7-2-10(8-19-13)15(16,17)18/h3-8H,2H2,1H3;2-9H,1H3,(H,20,21). The number of nitro groups is 1. The second kappa shape index (κ2) is 15.4. The number of rotatable bonds is 10. The van der Waals surface area contributed by atoms with Gasteiger partial charge in [0, 0.05) is 24.4 Å². The number of carboxylic acids is 1. The third-order valence-corrected chi connectivity index (χ3v) is 5.98. The van der Waals surface area contributed by atoms with Gasteiger partial charge in [-0.05, 0) is 68.4 Å². The molecule has 4 aromatic rings. The van der Waals surface area contributed by atoms with Gasteiger partial charge in [-0.2, -0.15) is 26.3 Å². The number of alkyl halides is 6. The summed E-state index contributed by atoms with van der Waals surface area (Å²) < 4.78 is 96.1. The molecule has 0 aliphatic carbocycles. The van der Waals surface area contributed by atoms with Gasteiger partial charge in [-0.1, -0.05) is 11.6 Å². The number of aromatic nitrogens is 1. The molecule has 3 aromatic carbocycles. The topological polar surface area (TPSA) is 130 Å². The summed E-state index contributed by atoms with van der Waals surface area (Å²) in [5.74, 6) is -0.320. The van der Waals surface area contributed by atoms with E-state index < -0.39 is 40.5 Å². The second-order valence-electron chi connectivity index (χ2n) is 9.12. The highest BCUT2D eigenvalue weighted by molar-refractivity contribution is 6.32. The molecule has 0 saturated heterocycles. The van der Waals surface area contributed by atoms with Gasteiger partial charge in [-0.15, -0.1) is 0 Å². The summed E-state index contributed by atoms with van der Waals surface area (Å²) in [7, 11) is 0. The molecule has 17 heteroatoms. The molecule has 10 nitrogen and oxygen atoms in total. The summed E-state index contributed by atoms with van der Waals surface area (Å²) in [6, 6.07) is 14.3. The zero-order chi connectivity index (χ0) is 34.9. The lowest BCUT2D eigenvalue weighted by atomic mass is 10.2. The van der Waals surface area contributed by atoms with Crippen LogP contribution in [0.25, 0.3) is 0 Å². The summed E-state index contributed by atoms with van der Waals surface area (Å²) in [6.45, 7) is 3.24. The van der Waals surface area contributed by atoms with E-state index in [0.29, 0.717) is 17.7 Å². The van der Waals surface area contributed by atoms with Crippen LogP contribution >= 0.6 is 11.6 Å². The molecule has 4 rings (SSSR count). The lowest BCUT2D eigenvalue weighted by molar-refractivity contribution is -0.385. The Morgan fingerprint density at radius 2 is 1.47 bits per heavy atom. The first-order valence-electron chi connectivity index (χ1n) is 13.1. The van der Waals surface area contributed by atoms with Crippen LogP contribution in [0.1, 0.15) is 25.0 Å². The summed E-state index contributed by atoms with van der Waals surface area (Å²) in [5, 5.41) is 19.4. The zero-order valence-electron chi connectivity index (χ0n) is 24.1. The molecule has 0 saturated carbocycles. The van der Waals surface area contributed by atoms with E-state index in [1.807, 2.05) is 0 Å². The first kappa shape index (κ1) is 36.2. The van der Waals surface area contributed by atoms with Crippen molar-refractivity contribution in [3.8, 4) is 34.6 Å². The Morgan fingerprint density at radius 1 is 0.872 bits per heavy atom. The molecule has 1 aromatic heterocycles. The van der Waals surface area contributed by atoms with E-state index in [9.17, 15) is 41.3 Å². The highest BCUT2D eigenvalue weighted by Gasteiger charge is 2.32. The van der Waals surface area contributed by atoms with Crippen LogP contribution in [0.5, 0.6) is 34.6 Å². The van der Waals surface area contributed by atoms with Gasteiger partial charge < -0.3 is 24.1 Å². The third kappa shape index (κ3) is 10.7. The molecule has 47 heavy (non-hydrogen) atoms. The van der Waals surface area contributed by atoms with Crippen molar-refractivity contribution in [2.45, 2.75) is 32.3 Å². The maximum atomic E-state index is 12.6. The first-order valence-corrected chi connectivity index (χ1v) is 13.5. The Balaban J connectivity index is 0.000000256. The van der Waals surface area contributed by atoms with Crippen molar-refractivity contribution in [2.75, 3.05) is 6.61 Å². The van der Waals surface area contributed by atoms with Gasteiger partial charge >= 0.3 is 24.0 Å². The van der Waals surface area contributed by atoms with Crippen LogP contribution in [0.15, 0.2) is 79.0 Å². The highest BCUT2D eigenvalue weighted by Crippen LogP contribution is 2.38. The van der Waals surface area contributed by atoms with Crippen LogP contribution in [0, 0.1) is 10.1 Å². The minimum atomic E-state index is -4.52. The van der Waals surface area contributed by atoms with Crippen molar-refractivity contribution >= 4 is 23.3 Å². The SMILES string of the molecule is CC(Oc1ccc(Oc2ccc(C(F)(F)F)cn2)cc1)C(=O)O.CCOc1cc(Oc2ccc(C(F)(F)F)cc2Cl)ccc1[N+](=O)[O-]. The number of nitro benzene ring substituents is 1. The van der Waals surface area contributed by atoms with Crippen molar-refractivity contribution in [1.29, 1.82) is 0 Å². The van der Waals surface area contributed by atoms with Gasteiger partial charge in [0.15, 0.2) is 6.10 Å². The number of carboxylic acid groups (broad SMARTS) is 1. The molecule has 0 fully saturated rings. The molecule has 0 spiro atoms. The molecule has 0 aliphatic rings. The molecule has 0 amide bonds. The largest absolute Gasteiger partial charge is 0.487 e. The van der Waals surface area contributed by atoms with Gasteiger partial charge in [0.25, 0.3) is 0 Å². The number of pyridine rings is 1. The van der Waals surface area contributed by atoms with Gasteiger partial charge in [-0.3, -0.25) is 10.1 Å². The Bertz CT molecular complexity index is 1680. The maximum Gasteiger partial charge on any atom is 0.417 e. The van der Waals surface area contributed by atoms with Crippen molar-refractivity contribution in [3.05, 3.63) is 105 Å². The quantitative estimate of drug-likeness (QED) is 0.0984. The van der Waals surface area contributed by atoms with Crippen LogP contribution in [0.4, 0.5) is 32.0 Å². The number of halogens is 7. The van der Waals surface area contributed by atoms with E-state index in [1.165, 1.54) is 49.4 Å². The molecular weight excluding hydrogens is 666 g/mol. The maximum absolute atomic E-state index is 12.6. The monoisotopic (exact) mass is 688 g/mol. The Labute approximate surface area is 267 Å². The van der Waals surface area contributed by atoms with Crippen molar-refractivity contribution in [3.63, 3.8) is 0 Å². The molecule has 250 valence electrons. The van der Waals surface area contributed by atoms with Gasteiger partial charge in [-0.25, -0.2) is 9.78 Å². The number of nitrogens with zero attached hydrogens (tertiary/aromatic N) is 2. The van der Waals surface area contributed by atoms with Crippen LogP contribution in [0.2, 0.25) is 5.02 Å². The molecular formula is C30H23ClF6N2O8. The lowest BCUT2D eigenvalue weighted by Crippen LogP contribution is -2.22. The fraction of sp³-hybridized carbons (Fsp3) is 0.200. The van der Waals surface area contributed by atoms with E-state index in [1.54, 1.807) is 6.92 Å². The van der Waals surface area contributed by atoms with E-state index in [-0.39, 0.29) is 40.4 Å². The predicted molar refractivity (Wildman–Crippen MR) is 154 cm³/mol. The lowest BCUT2D eigenvalue weighted by Gasteiger charge is -2.12. The van der Waals surface area contributed by atoms with Crippen LogP contribution < -0.4 is 18.9 Å². The summed E-state index contributed by atoms with van der Waals surface area (Å²) in [4.78, 5) is 24.6. The normalized spacial score (nSPS) is 11.9. The molecule has 1 atom stereocenters. The number of aliphatic carboxylic acids is 1. The summed E-state index contributed by atoms with van der Waals surface area (Å²) >= 11 is 5.80. The second-order valence-corrected chi connectivity index (χ2v) is 9.53.